The summed E-state index contributed by atoms with van der Waals surface area (Å²) in [7, 11) is 0. The van der Waals surface area contributed by atoms with E-state index in [0.29, 0.717) is 0 Å². The van der Waals surface area contributed by atoms with E-state index >= 15 is 0 Å². The van der Waals surface area contributed by atoms with Crippen molar-refractivity contribution >= 4 is 45.5 Å². The van der Waals surface area contributed by atoms with Crippen LogP contribution in [0.15, 0.2) is 0 Å². The second-order valence-corrected chi connectivity index (χ2v) is 1.25. The molecule has 0 radical (unpaired) electrons. The summed E-state index contributed by atoms with van der Waals surface area (Å²) in [5.41, 5.74) is 0. The smallest absolute Gasteiger partial charge is 2.00 e. The molecule has 0 unspecified atom stereocenters. The van der Waals surface area contributed by atoms with E-state index in [1.807, 2.05) is 0 Å². The molecule has 0 heterocycles. The van der Waals surface area contributed by atoms with Crippen molar-refractivity contribution in [1.29, 1.82) is 0 Å². The fourth-order valence-corrected chi connectivity index (χ4v) is 0. The number of hydrogen-bond acceptors (Lipinski definition) is 5. The van der Waals surface area contributed by atoms with E-state index in [1.165, 1.54) is 0 Å². The predicted octanol–water partition coefficient (Wildman–Crippen LogP) is -3.77. The second-order valence-electron chi connectivity index (χ2n) is 0.304. The second kappa shape index (κ2) is 89.1. The van der Waals surface area contributed by atoms with Crippen molar-refractivity contribution in [2.45, 2.75) is 0 Å². The summed E-state index contributed by atoms with van der Waals surface area (Å²) in [6, 6.07) is 0. The van der Waals surface area contributed by atoms with Gasteiger partial charge in [0.25, 0.3) is 0 Å². The van der Waals surface area contributed by atoms with Gasteiger partial charge in [-0.3, -0.25) is 0 Å². The van der Waals surface area contributed by atoms with Gasteiger partial charge in [-0.25, -0.2) is 0 Å². The number of rotatable bonds is 0. The van der Waals surface area contributed by atoms with E-state index in [1.54, 1.807) is 0 Å². The molecule has 0 aliphatic rings. The van der Waals surface area contributed by atoms with Crippen LogP contribution in [0.25, 0.3) is 0 Å². The largest absolute Gasteiger partial charge is 2.00 e. The van der Waals surface area contributed by atoms with Crippen molar-refractivity contribution in [3.8, 4) is 0 Å². The molecular weight excluding hydrogens is 681 g/mol. The fraction of sp³-hybridized carbons (Fsp3) is 0. The van der Waals surface area contributed by atoms with Crippen LogP contribution in [0.2, 0.25) is 0 Å². The Hall–Kier alpha value is 4.01. The standard InChI is InChI=1S/5Co.La.5H2O.5O.Sr/h;;;;;;5*1H2;;;;;;/q;;;;;+3;;;;;;;;;;;+2/p-5. The third-order valence-corrected chi connectivity index (χ3v) is 0. The first-order valence-electron chi connectivity index (χ1n) is 1.43. The minimum Gasteiger partial charge on any atom is 2.00 e. The van der Waals surface area contributed by atoms with E-state index in [9.17, 15) is 0 Å². The maximum atomic E-state index is 8.45. The molecule has 115 valence electrons. The van der Waals surface area contributed by atoms with Gasteiger partial charge in [0.15, 0.2) is 0 Å². The molecule has 0 atom stereocenters. The fourth-order valence-electron chi connectivity index (χ4n) is 0. The molecule has 17 heavy (non-hydrogen) atoms. The molecule has 0 aliphatic heterocycles. The van der Waals surface area contributed by atoms with Crippen molar-refractivity contribution in [3.05, 3.63) is 0 Å². The van der Waals surface area contributed by atoms with Crippen molar-refractivity contribution < 1.29 is 151 Å². The Morgan fingerprint density at radius 1 is 0.471 bits per heavy atom. The van der Waals surface area contributed by atoms with Crippen LogP contribution < -0.4 is 0 Å². The monoisotopic (exact) mass is 686 g/mol. The molecule has 0 spiro atoms. The van der Waals surface area contributed by atoms with Gasteiger partial charge in [-0.2, -0.15) is 0 Å². The summed E-state index contributed by atoms with van der Waals surface area (Å²) in [6.45, 7) is 0. The minimum absolute atomic E-state index is 0. The van der Waals surface area contributed by atoms with Gasteiger partial charge in [-0.1, -0.05) is 0 Å². The third-order valence-electron chi connectivity index (χ3n) is 0. The summed E-state index contributed by atoms with van der Waals surface area (Å²) in [6.07, 6.45) is 0. The van der Waals surface area contributed by atoms with Gasteiger partial charge in [0.2, 0.25) is 0 Å². The molecule has 0 amide bonds. The first-order chi connectivity index (χ1) is 7.07. The van der Waals surface area contributed by atoms with Gasteiger partial charge >= 0.3 is 196 Å². The zero-order valence-electron chi connectivity index (χ0n) is 7.23. The Morgan fingerprint density at radius 2 is 0.471 bits per heavy atom. The Morgan fingerprint density at radius 3 is 0.471 bits per heavy atom. The maximum absolute atomic E-state index is 8.45. The summed E-state index contributed by atoms with van der Waals surface area (Å²) in [5, 5.41) is 0. The Balaban J connectivity index is -0.0000000143. The maximum Gasteiger partial charge on any atom is 2.00 e. The first kappa shape index (κ1) is 42.9. The van der Waals surface area contributed by atoms with Gasteiger partial charge in [0, 0.05) is 0 Å². The Bertz CT molecular complexity index is 97.0. The van der Waals surface area contributed by atoms with Crippen LogP contribution in [0.3, 0.4) is 0 Å². The van der Waals surface area contributed by atoms with Crippen LogP contribution in [-0.2, 0) is 94.1 Å². The molecule has 5 N–H and O–H groups in total. The molecule has 0 aromatic heterocycles. The number of hydrogen-bond donors (Lipinski definition) is 5. The molecule has 17 heteroatoms. The molecule has 0 bridgehead atoms. The van der Waals surface area contributed by atoms with Crippen LogP contribution >= 0.6 is 0 Å². The zero-order valence-corrected chi connectivity index (χ0v) is 19.5. The molecule has 0 rings (SSSR count). The molecular formula is H5Co5LaO10Sr. The average molecular weight is 686 g/mol. The Labute approximate surface area is 192 Å². The summed E-state index contributed by atoms with van der Waals surface area (Å²) in [5.74, 6) is 0. The third kappa shape index (κ3) is 404. The average Bonchev–Trinajstić information content (AvgIpc) is 2.09. The van der Waals surface area contributed by atoms with Crippen LogP contribution in [-0.4, -0.2) is 66.6 Å². The molecule has 0 aliphatic carbocycles. The van der Waals surface area contributed by atoms with Gasteiger partial charge in [0.1, 0.15) is 0 Å². The molecule has 10 nitrogen and oxygen atoms in total. The molecule has 0 fully saturated rings. The van der Waals surface area contributed by atoms with Gasteiger partial charge in [-0.05, 0) is 0 Å². The first-order valence-corrected chi connectivity index (χ1v) is 5.88. The SMILES string of the molecule is [La+3].[O]=[Co-][OH].[O]=[Co-][OH].[O]=[Co-][OH].[O]=[Co-][OH].[O]=[Co-][OH].[Sr+2]. The van der Waals surface area contributed by atoms with E-state index in [4.69, 9.17) is 40.4 Å². The molecule has 0 aromatic rings. The van der Waals surface area contributed by atoms with Crippen LogP contribution in [0.5, 0.6) is 0 Å². The van der Waals surface area contributed by atoms with Gasteiger partial charge in [-0.15, -0.1) is 0 Å². The summed E-state index contributed by atoms with van der Waals surface area (Å²) < 4.78 is 77.2. The van der Waals surface area contributed by atoms with Crippen molar-refractivity contribution in [2.24, 2.45) is 0 Å². The molecule has 0 saturated carbocycles. The van der Waals surface area contributed by atoms with Crippen LogP contribution in [0.1, 0.15) is 0 Å². The van der Waals surface area contributed by atoms with Crippen LogP contribution in [0, 0.1) is 35.6 Å². The van der Waals surface area contributed by atoms with Crippen LogP contribution in [0.4, 0.5) is 0 Å². The zero-order chi connectivity index (χ0) is 13.5. The van der Waals surface area contributed by atoms with Crippen molar-refractivity contribution in [1.82, 2.24) is 0 Å². The van der Waals surface area contributed by atoms with E-state index in [0.717, 1.165) is 0 Å². The summed E-state index contributed by atoms with van der Waals surface area (Å²) >= 11 is -4.06. The topological polar surface area (TPSA) is 186 Å². The minimum atomic E-state index is -0.812. The predicted molar refractivity (Wildman–Crippen MR) is 20.3 cm³/mol. The normalized spacial score (nSPS) is 6.18. The van der Waals surface area contributed by atoms with Gasteiger partial charge < -0.3 is 0 Å². The van der Waals surface area contributed by atoms with E-state index in [-0.39, 0.29) is 81.1 Å². The molecule has 0 aromatic carbocycles. The van der Waals surface area contributed by atoms with E-state index in [2.05, 4.69) is 0 Å². The quantitative estimate of drug-likeness (QED) is 0.159. The molecule has 0 saturated heterocycles. The van der Waals surface area contributed by atoms with E-state index < -0.39 is 74.8 Å². The van der Waals surface area contributed by atoms with Crippen molar-refractivity contribution in [2.75, 3.05) is 0 Å². The Kier molecular flexibility index (Phi) is 225. The van der Waals surface area contributed by atoms with Gasteiger partial charge in [0.05, 0.1) is 0 Å². The van der Waals surface area contributed by atoms with Crippen molar-refractivity contribution in [3.63, 3.8) is 0 Å². The summed E-state index contributed by atoms with van der Waals surface area (Å²) in [4.78, 5) is 0.